The van der Waals surface area contributed by atoms with Gasteiger partial charge in [0.15, 0.2) is 0 Å². The summed E-state index contributed by atoms with van der Waals surface area (Å²) in [5.74, 6) is -0.0963. The number of rotatable bonds is 6. The molecular weight excluding hydrogens is 274 g/mol. The minimum Gasteiger partial charge on any atom is -0.493 e. The topological polar surface area (TPSA) is 59.4 Å². The minimum atomic E-state index is -0.841. The van der Waals surface area contributed by atoms with Crippen LogP contribution in [0.1, 0.15) is 23.7 Å². The highest BCUT2D eigenvalue weighted by Gasteiger charge is 2.17. The van der Waals surface area contributed by atoms with Crippen LogP contribution in [0.15, 0.2) is 24.3 Å². The maximum absolute atomic E-state index is 11.0. The molecule has 0 bridgehead atoms. The number of carboxylic acids is 1. The van der Waals surface area contributed by atoms with Gasteiger partial charge in [-0.05, 0) is 25.5 Å². The Morgan fingerprint density at radius 1 is 1.35 bits per heavy atom. The predicted octanol–water partition coefficient (Wildman–Crippen LogP) is 3.40. The van der Waals surface area contributed by atoms with Crippen LogP contribution in [0.25, 0.3) is 11.3 Å². The van der Waals surface area contributed by atoms with Gasteiger partial charge in [0.2, 0.25) is 0 Å². The normalized spacial score (nSPS) is 10.5. The van der Waals surface area contributed by atoms with Crippen molar-refractivity contribution >= 4 is 17.3 Å². The standard InChI is InChI=1S/C15H17NO3S/c1-3-13-16-15(12(20-13)9-14(17)18)10-7-5-6-8-11(10)19-4-2/h5-8H,3-4,9H2,1-2H3,(H,17,18). The molecule has 0 fully saturated rings. The molecule has 0 saturated heterocycles. The van der Waals surface area contributed by atoms with Gasteiger partial charge in [-0.3, -0.25) is 4.79 Å². The Morgan fingerprint density at radius 3 is 2.75 bits per heavy atom. The molecule has 0 aliphatic heterocycles. The van der Waals surface area contributed by atoms with E-state index >= 15 is 0 Å². The zero-order chi connectivity index (χ0) is 14.5. The Morgan fingerprint density at radius 2 is 2.10 bits per heavy atom. The predicted molar refractivity (Wildman–Crippen MR) is 79.4 cm³/mol. The van der Waals surface area contributed by atoms with Crippen molar-refractivity contribution in [2.24, 2.45) is 0 Å². The molecule has 5 heteroatoms. The fraction of sp³-hybridized carbons (Fsp3) is 0.333. The third-order valence-corrected chi connectivity index (χ3v) is 4.00. The molecule has 106 valence electrons. The molecular formula is C15H17NO3S. The number of thiazole rings is 1. The molecule has 20 heavy (non-hydrogen) atoms. The van der Waals surface area contributed by atoms with E-state index in [2.05, 4.69) is 4.98 Å². The fourth-order valence-electron chi connectivity index (χ4n) is 1.96. The van der Waals surface area contributed by atoms with Gasteiger partial charge in [-0.15, -0.1) is 11.3 Å². The van der Waals surface area contributed by atoms with Crippen LogP contribution in [-0.4, -0.2) is 22.7 Å². The first-order valence-electron chi connectivity index (χ1n) is 6.58. The lowest BCUT2D eigenvalue weighted by atomic mass is 10.1. The lowest BCUT2D eigenvalue weighted by Gasteiger charge is -2.09. The Kier molecular flexibility index (Phi) is 4.74. The van der Waals surface area contributed by atoms with Gasteiger partial charge >= 0.3 is 5.97 Å². The van der Waals surface area contributed by atoms with Crippen molar-refractivity contribution in [1.82, 2.24) is 4.98 Å². The first-order chi connectivity index (χ1) is 9.65. The third-order valence-electron chi connectivity index (χ3n) is 2.80. The van der Waals surface area contributed by atoms with Crippen LogP contribution in [0.2, 0.25) is 0 Å². The summed E-state index contributed by atoms with van der Waals surface area (Å²) >= 11 is 1.46. The number of aromatic nitrogens is 1. The lowest BCUT2D eigenvalue weighted by Crippen LogP contribution is -2.00. The van der Waals surface area contributed by atoms with Crippen LogP contribution in [0.5, 0.6) is 5.75 Å². The molecule has 0 aliphatic rings. The van der Waals surface area contributed by atoms with Crippen LogP contribution in [0.3, 0.4) is 0 Å². The van der Waals surface area contributed by atoms with Crippen molar-refractivity contribution in [1.29, 1.82) is 0 Å². The molecule has 0 aliphatic carbocycles. The fourth-order valence-corrected chi connectivity index (χ4v) is 2.98. The van der Waals surface area contributed by atoms with Crippen LogP contribution < -0.4 is 4.74 Å². The molecule has 2 rings (SSSR count). The number of aryl methyl sites for hydroxylation is 1. The molecule has 1 N–H and O–H groups in total. The summed E-state index contributed by atoms with van der Waals surface area (Å²) in [5.41, 5.74) is 1.60. The summed E-state index contributed by atoms with van der Waals surface area (Å²) in [6, 6.07) is 7.62. The first-order valence-corrected chi connectivity index (χ1v) is 7.39. The maximum atomic E-state index is 11.0. The second-order valence-corrected chi connectivity index (χ2v) is 5.40. The third kappa shape index (κ3) is 3.17. The van der Waals surface area contributed by atoms with Crippen LogP contribution in [0.4, 0.5) is 0 Å². The van der Waals surface area contributed by atoms with E-state index in [1.54, 1.807) is 0 Å². The van der Waals surface area contributed by atoms with Crippen molar-refractivity contribution < 1.29 is 14.6 Å². The molecule has 1 aromatic heterocycles. The Hall–Kier alpha value is -1.88. The molecule has 1 aromatic carbocycles. The van der Waals surface area contributed by atoms with Gasteiger partial charge in [0, 0.05) is 10.4 Å². The van der Waals surface area contributed by atoms with E-state index in [0.29, 0.717) is 6.61 Å². The second kappa shape index (κ2) is 6.52. The van der Waals surface area contributed by atoms with Gasteiger partial charge in [-0.1, -0.05) is 19.1 Å². The Balaban J connectivity index is 2.50. The van der Waals surface area contributed by atoms with Crippen molar-refractivity contribution in [2.75, 3.05) is 6.61 Å². The van der Waals surface area contributed by atoms with Crippen molar-refractivity contribution in [3.05, 3.63) is 34.2 Å². The summed E-state index contributed by atoms with van der Waals surface area (Å²) in [4.78, 5) is 16.4. The van der Waals surface area contributed by atoms with E-state index in [9.17, 15) is 4.79 Å². The molecule has 0 unspecified atom stereocenters. The quantitative estimate of drug-likeness (QED) is 0.886. The minimum absolute atomic E-state index is 0.00649. The van der Waals surface area contributed by atoms with Gasteiger partial charge in [0.25, 0.3) is 0 Å². The average molecular weight is 291 g/mol. The molecule has 2 aromatic rings. The van der Waals surface area contributed by atoms with Crippen LogP contribution in [-0.2, 0) is 17.6 Å². The van der Waals surface area contributed by atoms with Crippen molar-refractivity contribution in [3.8, 4) is 17.0 Å². The highest BCUT2D eigenvalue weighted by Crippen LogP contribution is 2.35. The number of hydrogen-bond donors (Lipinski definition) is 1. The van der Waals surface area contributed by atoms with Gasteiger partial charge in [0.1, 0.15) is 5.75 Å². The van der Waals surface area contributed by atoms with Crippen molar-refractivity contribution in [3.63, 3.8) is 0 Å². The molecule has 0 saturated carbocycles. The summed E-state index contributed by atoms with van der Waals surface area (Å²) in [6.07, 6.45) is 0.793. The van der Waals surface area contributed by atoms with Crippen LogP contribution in [0, 0.1) is 0 Å². The number of ether oxygens (including phenoxy) is 1. The molecule has 0 atom stereocenters. The highest BCUT2D eigenvalue weighted by atomic mass is 32.1. The number of hydrogen-bond acceptors (Lipinski definition) is 4. The zero-order valence-electron chi connectivity index (χ0n) is 11.5. The van der Waals surface area contributed by atoms with E-state index in [1.807, 2.05) is 38.1 Å². The summed E-state index contributed by atoms with van der Waals surface area (Å²) in [5, 5.41) is 9.99. The van der Waals surface area contributed by atoms with Gasteiger partial charge in [-0.2, -0.15) is 0 Å². The van der Waals surface area contributed by atoms with E-state index in [-0.39, 0.29) is 6.42 Å². The number of carboxylic acid groups (broad SMARTS) is 1. The van der Waals surface area contributed by atoms with Gasteiger partial charge in [0.05, 0.1) is 23.7 Å². The number of benzene rings is 1. The number of carbonyl (C=O) groups is 1. The van der Waals surface area contributed by atoms with Crippen molar-refractivity contribution in [2.45, 2.75) is 26.7 Å². The van der Waals surface area contributed by atoms with E-state index in [4.69, 9.17) is 9.84 Å². The Bertz CT molecular complexity index is 607. The number of nitrogens with zero attached hydrogens (tertiary/aromatic N) is 1. The van der Waals surface area contributed by atoms with E-state index < -0.39 is 5.97 Å². The SMILES string of the molecule is CCOc1ccccc1-c1nc(CC)sc1CC(=O)O. The lowest BCUT2D eigenvalue weighted by molar-refractivity contribution is -0.136. The zero-order valence-corrected chi connectivity index (χ0v) is 12.4. The summed E-state index contributed by atoms with van der Waals surface area (Å²) in [7, 11) is 0. The van der Waals surface area contributed by atoms with Crippen LogP contribution >= 0.6 is 11.3 Å². The van der Waals surface area contributed by atoms with E-state index in [1.165, 1.54) is 11.3 Å². The van der Waals surface area contributed by atoms with Gasteiger partial charge < -0.3 is 9.84 Å². The largest absolute Gasteiger partial charge is 0.493 e. The number of para-hydroxylation sites is 1. The van der Waals surface area contributed by atoms with E-state index in [0.717, 1.165) is 33.3 Å². The maximum Gasteiger partial charge on any atom is 0.308 e. The molecule has 4 nitrogen and oxygen atoms in total. The molecule has 0 radical (unpaired) electrons. The summed E-state index contributed by atoms with van der Waals surface area (Å²) < 4.78 is 5.61. The molecule has 0 spiro atoms. The smallest absolute Gasteiger partial charge is 0.308 e. The van der Waals surface area contributed by atoms with Gasteiger partial charge in [-0.25, -0.2) is 4.98 Å². The second-order valence-electron chi connectivity index (χ2n) is 4.23. The summed E-state index contributed by atoms with van der Waals surface area (Å²) in [6.45, 7) is 4.51. The highest BCUT2D eigenvalue weighted by molar-refractivity contribution is 7.12. The molecule has 1 heterocycles. The first kappa shape index (κ1) is 14.5. The molecule has 0 amide bonds. The number of aliphatic carboxylic acids is 1. The monoisotopic (exact) mass is 291 g/mol. The average Bonchev–Trinajstić information content (AvgIpc) is 2.82. The Labute approximate surface area is 122 Å².